The monoisotopic (exact) mass is 218 g/mol. The predicted molar refractivity (Wildman–Crippen MR) is 60.9 cm³/mol. The Morgan fingerprint density at radius 3 is 2.69 bits per heavy atom. The minimum absolute atomic E-state index is 0.228. The highest BCUT2D eigenvalue weighted by Gasteiger charge is 1.99. The molecule has 16 heavy (non-hydrogen) atoms. The number of nitriles is 1. The summed E-state index contributed by atoms with van der Waals surface area (Å²) in [7, 11) is 1.37. The third-order valence-electron chi connectivity index (χ3n) is 2.12. The van der Waals surface area contributed by atoms with Gasteiger partial charge in [0.1, 0.15) is 0 Å². The van der Waals surface area contributed by atoms with Gasteiger partial charge >= 0.3 is 5.97 Å². The topological polar surface area (TPSA) is 62.1 Å². The van der Waals surface area contributed by atoms with Crippen LogP contribution in [-0.2, 0) is 16.0 Å². The SMILES string of the molecule is COC(=O)CCNc1ccc(CC#N)cc1. The van der Waals surface area contributed by atoms with E-state index in [-0.39, 0.29) is 5.97 Å². The summed E-state index contributed by atoms with van der Waals surface area (Å²) in [5.74, 6) is -0.228. The van der Waals surface area contributed by atoms with Gasteiger partial charge in [-0.25, -0.2) is 0 Å². The highest BCUT2D eigenvalue weighted by atomic mass is 16.5. The minimum Gasteiger partial charge on any atom is -0.469 e. The van der Waals surface area contributed by atoms with Crippen molar-refractivity contribution in [3.8, 4) is 6.07 Å². The molecule has 0 unspecified atom stereocenters. The molecule has 0 bridgehead atoms. The number of benzene rings is 1. The molecular formula is C12H14N2O2. The molecule has 1 rings (SSSR count). The van der Waals surface area contributed by atoms with Crippen LogP contribution in [0.3, 0.4) is 0 Å². The zero-order valence-corrected chi connectivity index (χ0v) is 9.19. The van der Waals surface area contributed by atoms with E-state index in [9.17, 15) is 4.79 Å². The van der Waals surface area contributed by atoms with Crippen molar-refractivity contribution in [2.45, 2.75) is 12.8 Å². The molecule has 0 aliphatic heterocycles. The second-order valence-corrected chi connectivity index (χ2v) is 3.28. The van der Waals surface area contributed by atoms with E-state index in [0.717, 1.165) is 11.3 Å². The van der Waals surface area contributed by atoms with Crippen LogP contribution in [0.15, 0.2) is 24.3 Å². The molecule has 0 spiro atoms. The molecule has 4 nitrogen and oxygen atoms in total. The van der Waals surface area contributed by atoms with E-state index < -0.39 is 0 Å². The van der Waals surface area contributed by atoms with Crippen LogP contribution in [0, 0.1) is 11.3 Å². The molecule has 84 valence electrons. The van der Waals surface area contributed by atoms with Gasteiger partial charge in [0, 0.05) is 12.2 Å². The Morgan fingerprint density at radius 1 is 1.44 bits per heavy atom. The number of ether oxygens (including phenoxy) is 1. The number of methoxy groups -OCH3 is 1. The van der Waals surface area contributed by atoms with Crippen LogP contribution in [0.4, 0.5) is 5.69 Å². The number of rotatable bonds is 5. The number of anilines is 1. The van der Waals surface area contributed by atoms with Crippen molar-refractivity contribution in [2.24, 2.45) is 0 Å². The molecule has 0 radical (unpaired) electrons. The number of hydrogen-bond acceptors (Lipinski definition) is 4. The van der Waals surface area contributed by atoms with Crippen LogP contribution in [0.1, 0.15) is 12.0 Å². The summed E-state index contributed by atoms with van der Waals surface area (Å²) in [4.78, 5) is 10.8. The molecule has 1 aromatic rings. The van der Waals surface area contributed by atoms with Crippen molar-refractivity contribution < 1.29 is 9.53 Å². The van der Waals surface area contributed by atoms with Crippen LogP contribution >= 0.6 is 0 Å². The Bertz CT molecular complexity index is 379. The second-order valence-electron chi connectivity index (χ2n) is 3.28. The average Bonchev–Trinajstić information content (AvgIpc) is 2.31. The molecule has 0 fully saturated rings. The van der Waals surface area contributed by atoms with Crippen LogP contribution in [0.25, 0.3) is 0 Å². The number of esters is 1. The van der Waals surface area contributed by atoms with Gasteiger partial charge in [0.2, 0.25) is 0 Å². The van der Waals surface area contributed by atoms with E-state index in [0.29, 0.717) is 19.4 Å². The van der Waals surface area contributed by atoms with Gasteiger partial charge in [-0.3, -0.25) is 4.79 Å². The molecule has 0 atom stereocenters. The van der Waals surface area contributed by atoms with E-state index in [1.807, 2.05) is 24.3 Å². The third kappa shape index (κ3) is 4.01. The molecule has 0 saturated heterocycles. The molecular weight excluding hydrogens is 204 g/mol. The van der Waals surface area contributed by atoms with Gasteiger partial charge in [-0.05, 0) is 17.7 Å². The molecule has 0 aliphatic carbocycles. The average molecular weight is 218 g/mol. The number of nitrogens with zero attached hydrogens (tertiary/aromatic N) is 1. The van der Waals surface area contributed by atoms with Gasteiger partial charge in [-0.1, -0.05) is 12.1 Å². The Hall–Kier alpha value is -2.02. The summed E-state index contributed by atoms with van der Waals surface area (Å²) >= 11 is 0. The van der Waals surface area contributed by atoms with Crippen molar-refractivity contribution in [1.29, 1.82) is 5.26 Å². The van der Waals surface area contributed by atoms with Crippen molar-refractivity contribution >= 4 is 11.7 Å². The van der Waals surface area contributed by atoms with Gasteiger partial charge < -0.3 is 10.1 Å². The fraction of sp³-hybridized carbons (Fsp3) is 0.333. The first-order valence-corrected chi connectivity index (χ1v) is 5.03. The molecule has 1 N–H and O–H groups in total. The van der Waals surface area contributed by atoms with Gasteiger partial charge in [0.05, 0.1) is 26.0 Å². The number of carbonyl (C=O) groups is 1. The molecule has 1 aromatic carbocycles. The summed E-state index contributed by atoms with van der Waals surface area (Å²) < 4.78 is 4.52. The van der Waals surface area contributed by atoms with E-state index in [4.69, 9.17) is 5.26 Å². The molecule has 0 heterocycles. The molecule has 0 aliphatic rings. The standard InChI is InChI=1S/C12H14N2O2/c1-16-12(15)7-9-14-11-4-2-10(3-5-11)6-8-13/h2-5,14H,6-7,9H2,1H3. The van der Waals surface area contributed by atoms with Crippen molar-refractivity contribution in [2.75, 3.05) is 19.0 Å². The highest BCUT2D eigenvalue weighted by molar-refractivity contribution is 5.69. The van der Waals surface area contributed by atoms with Gasteiger partial charge in [0.15, 0.2) is 0 Å². The maximum atomic E-state index is 10.8. The lowest BCUT2D eigenvalue weighted by Crippen LogP contribution is -2.09. The Morgan fingerprint density at radius 2 is 2.12 bits per heavy atom. The number of nitrogens with one attached hydrogen (secondary N) is 1. The maximum Gasteiger partial charge on any atom is 0.307 e. The summed E-state index contributed by atoms with van der Waals surface area (Å²) in [6, 6.07) is 9.66. The summed E-state index contributed by atoms with van der Waals surface area (Å²) in [5, 5.41) is 11.6. The van der Waals surface area contributed by atoms with Crippen LogP contribution in [0.2, 0.25) is 0 Å². The zero-order chi connectivity index (χ0) is 11.8. The fourth-order valence-corrected chi connectivity index (χ4v) is 1.24. The first kappa shape index (κ1) is 12.1. The van der Waals surface area contributed by atoms with Crippen molar-refractivity contribution in [3.63, 3.8) is 0 Å². The first-order valence-electron chi connectivity index (χ1n) is 5.03. The normalized spacial score (nSPS) is 9.25. The van der Waals surface area contributed by atoms with Crippen LogP contribution in [-0.4, -0.2) is 19.6 Å². The smallest absolute Gasteiger partial charge is 0.307 e. The largest absolute Gasteiger partial charge is 0.469 e. The number of carbonyl (C=O) groups excluding carboxylic acids is 1. The summed E-state index contributed by atoms with van der Waals surface area (Å²) in [5.41, 5.74) is 1.92. The van der Waals surface area contributed by atoms with Crippen molar-refractivity contribution in [1.82, 2.24) is 0 Å². The summed E-state index contributed by atoms with van der Waals surface area (Å²) in [6.45, 7) is 0.546. The lowest BCUT2D eigenvalue weighted by Gasteiger charge is -2.05. The van der Waals surface area contributed by atoms with E-state index >= 15 is 0 Å². The minimum atomic E-state index is -0.228. The lowest BCUT2D eigenvalue weighted by molar-refractivity contribution is -0.140. The Balaban J connectivity index is 2.38. The first-order chi connectivity index (χ1) is 7.76. The Kier molecular flexibility index (Phi) is 4.87. The summed E-state index contributed by atoms with van der Waals surface area (Å²) in [6.07, 6.45) is 0.763. The molecule has 0 amide bonds. The predicted octanol–water partition coefficient (Wildman–Crippen LogP) is 1.73. The van der Waals surface area contributed by atoms with Crippen molar-refractivity contribution in [3.05, 3.63) is 29.8 Å². The van der Waals surface area contributed by atoms with Gasteiger partial charge in [-0.15, -0.1) is 0 Å². The quantitative estimate of drug-likeness (QED) is 0.764. The second kappa shape index (κ2) is 6.46. The van der Waals surface area contributed by atoms with Crippen LogP contribution in [0.5, 0.6) is 0 Å². The maximum absolute atomic E-state index is 10.8. The fourth-order valence-electron chi connectivity index (χ4n) is 1.24. The molecule has 0 saturated carbocycles. The molecule has 0 aromatic heterocycles. The highest BCUT2D eigenvalue weighted by Crippen LogP contribution is 2.09. The lowest BCUT2D eigenvalue weighted by atomic mass is 10.1. The number of hydrogen-bond donors (Lipinski definition) is 1. The zero-order valence-electron chi connectivity index (χ0n) is 9.19. The van der Waals surface area contributed by atoms with E-state index in [1.54, 1.807) is 0 Å². The van der Waals surface area contributed by atoms with Gasteiger partial charge in [0.25, 0.3) is 0 Å². The van der Waals surface area contributed by atoms with E-state index in [2.05, 4.69) is 16.1 Å². The van der Waals surface area contributed by atoms with Crippen LogP contribution < -0.4 is 5.32 Å². The molecule has 4 heteroatoms. The van der Waals surface area contributed by atoms with Gasteiger partial charge in [-0.2, -0.15) is 5.26 Å². The van der Waals surface area contributed by atoms with E-state index in [1.165, 1.54) is 7.11 Å². The Labute approximate surface area is 94.8 Å². The third-order valence-corrected chi connectivity index (χ3v) is 2.12.